The first kappa shape index (κ1) is 13.1. The van der Waals surface area contributed by atoms with E-state index in [1.807, 2.05) is 0 Å². The lowest BCUT2D eigenvalue weighted by Gasteiger charge is -2.34. The Morgan fingerprint density at radius 2 is 2.39 bits per heavy atom. The number of benzene rings is 1. The Hall–Kier alpha value is -1.33. The van der Waals surface area contributed by atoms with Crippen molar-refractivity contribution in [3.8, 4) is 5.75 Å². The van der Waals surface area contributed by atoms with Crippen LogP contribution in [-0.2, 0) is 4.74 Å². The van der Waals surface area contributed by atoms with Crippen LogP contribution in [0.4, 0.5) is 4.39 Å². The van der Waals surface area contributed by atoms with Crippen molar-refractivity contribution < 1.29 is 19.0 Å². The number of morpholine rings is 1. The van der Waals surface area contributed by atoms with Crippen molar-refractivity contribution in [3.05, 3.63) is 29.6 Å². The summed E-state index contributed by atoms with van der Waals surface area (Å²) in [7, 11) is 0. The molecule has 6 heteroatoms. The number of phenols is 1. The minimum absolute atomic E-state index is 0.0491. The van der Waals surface area contributed by atoms with Crippen LogP contribution >= 0.6 is 11.6 Å². The van der Waals surface area contributed by atoms with E-state index in [1.165, 1.54) is 11.0 Å². The molecule has 1 atom stereocenters. The third-order valence-electron chi connectivity index (χ3n) is 2.86. The minimum atomic E-state index is -0.563. The second kappa shape index (κ2) is 5.54. The van der Waals surface area contributed by atoms with Gasteiger partial charge in [-0.05, 0) is 18.2 Å². The quantitative estimate of drug-likeness (QED) is 0.833. The van der Waals surface area contributed by atoms with E-state index in [4.69, 9.17) is 16.3 Å². The van der Waals surface area contributed by atoms with Gasteiger partial charge in [-0.15, -0.1) is 11.6 Å². The van der Waals surface area contributed by atoms with Gasteiger partial charge in [-0.1, -0.05) is 0 Å². The Balaban J connectivity index is 2.26. The summed E-state index contributed by atoms with van der Waals surface area (Å²) in [6, 6.07) is 3.04. The van der Waals surface area contributed by atoms with Gasteiger partial charge in [-0.25, -0.2) is 4.39 Å². The SMILES string of the molecule is O=C(c1cc(F)ccc1O)N1CCOCC1CCl. The van der Waals surface area contributed by atoms with Crippen LogP contribution in [0.25, 0.3) is 0 Å². The van der Waals surface area contributed by atoms with E-state index >= 15 is 0 Å². The lowest BCUT2D eigenvalue weighted by Crippen LogP contribution is -2.49. The second-order valence-electron chi connectivity index (χ2n) is 4.04. The van der Waals surface area contributed by atoms with Gasteiger partial charge in [-0.2, -0.15) is 0 Å². The molecule has 0 bridgehead atoms. The van der Waals surface area contributed by atoms with Crippen LogP contribution in [0.15, 0.2) is 18.2 Å². The molecule has 2 rings (SSSR count). The number of carbonyl (C=O) groups excluding carboxylic acids is 1. The third-order valence-corrected chi connectivity index (χ3v) is 3.21. The number of alkyl halides is 1. The molecule has 1 fully saturated rings. The average molecular weight is 274 g/mol. The molecule has 4 nitrogen and oxygen atoms in total. The summed E-state index contributed by atoms with van der Waals surface area (Å²) in [6.07, 6.45) is 0. The molecular formula is C12H13ClFNO3. The van der Waals surface area contributed by atoms with Gasteiger partial charge in [0.2, 0.25) is 0 Å². The number of nitrogens with zero attached hydrogens (tertiary/aromatic N) is 1. The lowest BCUT2D eigenvalue weighted by atomic mass is 10.1. The molecule has 1 aliphatic heterocycles. The number of carbonyl (C=O) groups is 1. The van der Waals surface area contributed by atoms with Gasteiger partial charge in [0, 0.05) is 12.4 Å². The van der Waals surface area contributed by atoms with Crippen LogP contribution in [0.1, 0.15) is 10.4 Å². The Kier molecular flexibility index (Phi) is 4.04. The number of rotatable bonds is 2. The average Bonchev–Trinajstić information content (AvgIpc) is 2.40. The fraction of sp³-hybridized carbons (Fsp3) is 0.417. The summed E-state index contributed by atoms with van der Waals surface area (Å²) in [5.41, 5.74) is -0.0491. The fourth-order valence-corrected chi connectivity index (χ4v) is 2.14. The van der Waals surface area contributed by atoms with E-state index < -0.39 is 11.7 Å². The summed E-state index contributed by atoms with van der Waals surface area (Å²) < 4.78 is 18.3. The first-order valence-electron chi connectivity index (χ1n) is 5.56. The Labute approximate surface area is 109 Å². The molecule has 1 amide bonds. The molecule has 1 heterocycles. The zero-order valence-corrected chi connectivity index (χ0v) is 10.4. The normalized spacial score (nSPS) is 19.9. The molecule has 1 saturated heterocycles. The third kappa shape index (κ3) is 2.57. The number of aromatic hydroxyl groups is 1. The van der Waals surface area contributed by atoms with Gasteiger partial charge >= 0.3 is 0 Å². The molecule has 98 valence electrons. The smallest absolute Gasteiger partial charge is 0.258 e. The summed E-state index contributed by atoms with van der Waals surface area (Å²) in [5.74, 6) is -0.990. The molecule has 1 aromatic carbocycles. The standard InChI is InChI=1S/C12H13ClFNO3/c13-6-9-7-18-4-3-15(9)12(17)10-5-8(14)1-2-11(10)16/h1-2,5,9,16H,3-4,6-7H2. The predicted molar refractivity (Wildman–Crippen MR) is 64.4 cm³/mol. The number of hydrogen-bond donors (Lipinski definition) is 1. The molecule has 1 N–H and O–H groups in total. The van der Waals surface area contributed by atoms with Crippen LogP contribution in [-0.4, -0.2) is 47.6 Å². The first-order valence-corrected chi connectivity index (χ1v) is 6.10. The van der Waals surface area contributed by atoms with Gasteiger partial charge < -0.3 is 14.7 Å². The summed E-state index contributed by atoms with van der Waals surface area (Å²) in [5, 5.41) is 9.62. The zero-order chi connectivity index (χ0) is 13.1. The van der Waals surface area contributed by atoms with Crippen molar-refractivity contribution in [3.63, 3.8) is 0 Å². The van der Waals surface area contributed by atoms with E-state index in [0.717, 1.165) is 12.1 Å². The van der Waals surface area contributed by atoms with Gasteiger partial charge in [0.15, 0.2) is 0 Å². The van der Waals surface area contributed by atoms with Gasteiger partial charge in [0.05, 0.1) is 24.8 Å². The largest absolute Gasteiger partial charge is 0.507 e. The van der Waals surface area contributed by atoms with Crippen molar-refractivity contribution in [1.29, 1.82) is 0 Å². The van der Waals surface area contributed by atoms with Crippen molar-refractivity contribution in [2.45, 2.75) is 6.04 Å². The van der Waals surface area contributed by atoms with Crippen molar-refractivity contribution in [1.82, 2.24) is 4.90 Å². The van der Waals surface area contributed by atoms with Gasteiger partial charge in [0.25, 0.3) is 5.91 Å². The molecule has 0 radical (unpaired) electrons. The number of amides is 1. The van der Waals surface area contributed by atoms with Crippen LogP contribution < -0.4 is 0 Å². The molecule has 0 spiro atoms. The maximum absolute atomic E-state index is 13.1. The highest BCUT2D eigenvalue weighted by Crippen LogP contribution is 2.22. The summed E-state index contributed by atoms with van der Waals surface area (Å²) in [4.78, 5) is 13.7. The molecule has 1 aromatic rings. The number of halogens is 2. The molecule has 0 saturated carbocycles. The van der Waals surface area contributed by atoms with Crippen LogP contribution in [0, 0.1) is 5.82 Å². The molecule has 1 unspecified atom stereocenters. The molecule has 0 aliphatic carbocycles. The Bertz CT molecular complexity index is 455. The van der Waals surface area contributed by atoms with Crippen molar-refractivity contribution in [2.24, 2.45) is 0 Å². The second-order valence-corrected chi connectivity index (χ2v) is 4.35. The maximum Gasteiger partial charge on any atom is 0.258 e. The highest BCUT2D eigenvalue weighted by atomic mass is 35.5. The van der Waals surface area contributed by atoms with Crippen LogP contribution in [0.3, 0.4) is 0 Å². The minimum Gasteiger partial charge on any atom is -0.507 e. The van der Waals surface area contributed by atoms with Crippen LogP contribution in [0.2, 0.25) is 0 Å². The molecule has 0 aromatic heterocycles. The molecule has 1 aliphatic rings. The fourth-order valence-electron chi connectivity index (χ4n) is 1.88. The molecular weight excluding hydrogens is 261 g/mol. The van der Waals surface area contributed by atoms with Crippen molar-refractivity contribution >= 4 is 17.5 Å². The lowest BCUT2D eigenvalue weighted by molar-refractivity contribution is 0.00439. The van der Waals surface area contributed by atoms with Gasteiger partial charge in [0.1, 0.15) is 11.6 Å². The Morgan fingerprint density at radius 3 is 3.11 bits per heavy atom. The van der Waals surface area contributed by atoms with Crippen molar-refractivity contribution in [2.75, 3.05) is 25.6 Å². The zero-order valence-electron chi connectivity index (χ0n) is 9.60. The maximum atomic E-state index is 13.1. The van der Waals surface area contributed by atoms with E-state index in [1.54, 1.807) is 0 Å². The summed E-state index contributed by atoms with van der Waals surface area (Å²) >= 11 is 5.77. The van der Waals surface area contributed by atoms with Crippen LogP contribution in [0.5, 0.6) is 5.75 Å². The van der Waals surface area contributed by atoms with E-state index in [0.29, 0.717) is 19.8 Å². The Morgan fingerprint density at radius 1 is 1.61 bits per heavy atom. The summed E-state index contributed by atoms with van der Waals surface area (Å²) in [6.45, 7) is 1.15. The topological polar surface area (TPSA) is 49.8 Å². The number of ether oxygens (including phenoxy) is 1. The van der Waals surface area contributed by atoms with E-state index in [9.17, 15) is 14.3 Å². The molecule has 18 heavy (non-hydrogen) atoms. The predicted octanol–water partition coefficient (Wildman–Crippen LogP) is 1.61. The highest BCUT2D eigenvalue weighted by molar-refractivity contribution is 6.18. The highest BCUT2D eigenvalue weighted by Gasteiger charge is 2.29. The van der Waals surface area contributed by atoms with E-state index in [2.05, 4.69) is 0 Å². The monoisotopic (exact) mass is 273 g/mol. The first-order chi connectivity index (χ1) is 8.63. The van der Waals surface area contributed by atoms with E-state index in [-0.39, 0.29) is 23.2 Å². The van der Waals surface area contributed by atoms with Gasteiger partial charge in [-0.3, -0.25) is 4.79 Å². The number of hydrogen-bond acceptors (Lipinski definition) is 3. The number of phenolic OH excluding ortho intramolecular Hbond substituents is 1.